The summed E-state index contributed by atoms with van der Waals surface area (Å²) in [5.41, 5.74) is 2.74. The number of benzene rings is 2. The Morgan fingerprint density at radius 3 is 2.58 bits per heavy atom. The standard InChI is InChI=1S/C19H20BrNO3/c1-3-5-16-10-15(12-21-22)11-18(23-4-2)19(16)24-13-14-6-8-17(20)9-7-14/h3,6-12,22H,1,4-5,13H2,2H3/b21-12+. The van der Waals surface area contributed by atoms with Gasteiger partial charge >= 0.3 is 0 Å². The summed E-state index contributed by atoms with van der Waals surface area (Å²) in [4.78, 5) is 0. The van der Waals surface area contributed by atoms with Gasteiger partial charge in [0.15, 0.2) is 11.5 Å². The van der Waals surface area contributed by atoms with Crippen molar-refractivity contribution in [3.8, 4) is 11.5 Å². The van der Waals surface area contributed by atoms with Crippen molar-refractivity contribution in [2.45, 2.75) is 20.0 Å². The van der Waals surface area contributed by atoms with Gasteiger partial charge in [-0.1, -0.05) is 39.3 Å². The highest BCUT2D eigenvalue weighted by atomic mass is 79.9. The molecule has 5 heteroatoms. The number of hydrogen-bond acceptors (Lipinski definition) is 4. The zero-order valence-electron chi connectivity index (χ0n) is 13.5. The molecule has 0 saturated heterocycles. The average Bonchev–Trinajstić information content (AvgIpc) is 2.56. The number of hydrogen-bond donors (Lipinski definition) is 1. The van der Waals surface area contributed by atoms with E-state index >= 15 is 0 Å². The Kier molecular flexibility index (Phi) is 6.88. The summed E-state index contributed by atoms with van der Waals surface area (Å²) >= 11 is 3.42. The lowest BCUT2D eigenvalue weighted by Crippen LogP contribution is -2.04. The van der Waals surface area contributed by atoms with Gasteiger partial charge in [0.25, 0.3) is 0 Å². The Bertz CT molecular complexity index is 711. The number of rotatable bonds is 8. The first-order valence-electron chi connectivity index (χ1n) is 7.63. The minimum absolute atomic E-state index is 0.435. The number of nitrogens with zero attached hydrogens (tertiary/aromatic N) is 1. The summed E-state index contributed by atoms with van der Waals surface area (Å²) in [6.45, 7) is 6.66. The molecule has 1 N–H and O–H groups in total. The molecule has 0 spiro atoms. The van der Waals surface area contributed by atoms with Gasteiger partial charge in [-0.05, 0) is 43.2 Å². The van der Waals surface area contributed by atoms with E-state index in [2.05, 4.69) is 27.7 Å². The second kappa shape index (κ2) is 9.13. The summed E-state index contributed by atoms with van der Waals surface area (Å²) in [6, 6.07) is 11.7. The van der Waals surface area contributed by atoms with E-state index in [-0.39, 0.29) is 0 Å². The smallest absolute Gasteiger partial charge is 0.165 e. The normalized spacial score (nSPS) is 10.8. The highest BCUT2D eigenvalue weighted by Gasteiger charge is 2.13. The van der Waals surface area contributed by atoms with Crippen LogP contribution in [-0.2, 0) is 13.0 Å². The molecule has 0 aliphatic carbocycles. The van der Waals surface area contributed by atoms with Gasteiger partial charge in [0.2, 0.25) is 0 Å². The minimum atomic E-state index is 0.435. The monoisotopic (exact) mass is 389 g/mol. The molecule has 2 aromatic carbocycles. The van der Waals surface area contributed by atoms with Crippen LogP contribution in [0.2, 0.25) is 0 Å². The van der Waals surface area contributed by atoms with Crippen LogP contribution < -0.4 is 9.47 Å². The molecule has 0 unspecified atom stereocenters. The summed E-state index contributed by atoms with van der Waals surface area (Å²) in [7, 11) is 0. The molecule has 0 bridgehead atoms. The van der Waals surface area contributed by atoms with Crippen LogP contribution in [0.25, 0.3) is 0 Å². The van der Waals surface area contributed by atoms with Gasteiger partial charge in [0, 0.05) is 15.6 Å². The van der Waals surface area contributed by atoms with E-state index in [1.165, 1.54) is 6.21 Å². The van der Waals surface area contributed by atoms with Crippen molar-refractivity contribution in [2.24, 2.45) is 5.16 Å². The molecule has 0 fully saturated rings. The third-order valence-electron chi connectivity index (χ3n) is 3.32. The first-order valence-corrected chi connectivity index (χ1v) is 8.42. The number of allylic oxidation sites excluding steroid dienone is 1. The van der Waals surface area contributed by atoms with E-state index < -0.39 is 0 Å². The molecule has 0 aliphatic rings. The number of ether oxygens (including phenoxy) is 2. The Morgan fingerprint density at radius 2 is 1.96 bits per heavy atom. The first kappa shape index (κ1) is 18.1. The van der Waals surface area contributed by atoms with Crippen molar-refractivity contribution in [2.75, 3.05) is 6.61 Å². The molecule has 0 amide bonds. The molecule has 0 aromatic heterocycles. The lowest BCUT2D eigenvalue weighted by atomic mass is 10.1. The van der Waals surface area contributed by atoms with E-state index in [1.54, 1.807) is 12.1 Å². The maximum absolute atomic E-state index is 8.78. The van der Waals surface area contributed by atoms with Gasteiger partial charge < -0.3 is 14.7 Å². The van der Waals surface area contributed by atoms with Crippen LogP contribution in [0.4, 0.5) is 0 Å². The summed E-state index contributed by atoms with van der Waals surface area (Å²) in [6.07, 6.45) is 3.80. The summed E-state index contributed by atoms with van der Waals surface area (Å²) in [5, 5.41) is 11.9. The largest absolute Gasteiger partial charge is 0.490 e. The van der Waals surface area contributed by atoms with E-state index in [0.717, 1.165) is 21.2 Å². The van der Waals surface area contributed by atoms with Crippen molar-refractivity contribution >= 4 is 22.1 Å². The van der Waals surface area contributed by atoms with Crippen LogP contribution in [0.3, 0.4) is 0 Å². The van der Waals surface area contributed by atoms with Gasteiger partial charge in [0.05, 0.1) is 12.8 Å². The molecule has 0 saturated carbocycles. The van der Waals surface area contributed by atoms with E-state index in [4.69, 9.17) is 14.7 Å². The minimum Gasteiger partial charge on any atom is -0.490 e. The van der Waals surface area contributed by atoms with Crippen molar-refractivity contribution in [1.29, 1.82) is 0 Å². The maximum atomic E-state index is 8.78. The van der Waals surface area contributed by atoms with Gasteiger partial charge in [-0.15, -0.1) is 6.58 Å². The molecular formula is C19H20BrNO3. The highest BCUT2D eigenvalue weighted by molar-refractivity contribution is 9.10. The molecular weight excluding hydrogens is 370 g/mol. The fraction of sp³-hybridized carbons (Fsp3) is 0.211. The molecule has 126 valence electrons. The molecule has 0 atom stereocenters. The highest BCUT2D eigenvalue weighted by Crippen LogP contribution is 2.34. The van der Waals surface area contributed by atoms with Gasteiger partial charge in [0.1, 0.15) is 6.61 Å². The fourth-order valence-electron chi connectivity index (χ4n) is 2.29. The molecule has 0 aliphatic heterocycles. The molecule has 0 radical (unpaired) electrons. The predicted molar refractivity (Wildman–Crippen MR) is 99.4 cm³/mol. The number of oxime groups is 1. The third kappa shape index (κ3) is 4.86. The zero-order chi connectivity index (χ0) is 17.4. The Balaban J connectivity index is 2.33. The SMILES string of the molecule is C=CCc1cc(/C=N/O)cc(OCC)c1OCc1ccc(Br)cc1. The van der Waals surface area contributed by atoms with Crippen LogP contribution in [0.1, 0.15) is 23.6 Å². The van der Waals surface area contributed by atoms with Crippen molar-refractivity contribution < 1.29 is 14.7 Å². The lowest BCUT2D eigenvalue weighted by Gasteiger charge is -2.16. The third-order valence-corrected chi connectivity index (χ3v) is 3.85. The fourth-order valence-corrected chi connectivity index (χ4v) is 2.56. The van der Waals surface area contributed by atoms with Crippen LogP contribution in [0.5, 0.6) is 11.5 Å². The quantitative estimate of drug-likeness (QED) is 0.300. The summed E-state index contributed by atoms with van der Waals surface area (Å²) < 4.78 is 12.8. The van der Waals surface area contributed by atoms with Crippen LogP contribution in [-0.4, -0.2) is 18.0 Å². The second-order valence-corrected chi connectivity index (χ2v) is 6.01. The van der Waals surface area contributed by atoms with Crippen molar-refractivity contribution in [3.63, 3.8) is 0 Å². The topological polar surface area (TPSA) is 51.1 Å². The average molecular weight is 390 g/mol. The second-order valence-electron chi connectivity index (χ2n) is 5.09. The van der Waals surface area contributed by atoms with Gasteiger partial charge in [-0.3, -0.25) is 0 Å². The summed E-state index contributed by atoms with van der Waals surface area (Å²) in [5.74, 6) is 1.32. The van der Waals surface area contributed by atoms with Gasteiger partial charge in [-0.25, -0.2) is 0 Å². The molecule has 0 heterocycles. The van der Waals surface area contributed by atoms with Gasteiger partial charge in [-0.2, -0.15) is 0 Å². The molecule has 2 aromatic rings. The maximum Gasteiger partial charge on any atom is 0.165 e. The first-order chi connectivity index (χ1) is 11.7. The zero-order valence-corrected chi connectivity index (χ0v) is 15.1. The lowest BCUT2D eigenvalue weighted by molar-refractivity contribution is 0.267. The Hall–Kier alpha value is -2.27. The predicted octanol–water partition coefficient (Wildman–Crippen LogP) is 4.96. The van der Waals surface area contributed by atoms with Crippen LogP contribution in [0.15, 0.2) is 58.7 Å². The Morgan fingerprint density at radius 1 is 1.21 bits per heavy atom. The molecule has 4 nitrogen and oxygen atoms in total. The molecule has 24 heavy (non-hydrogen) atoms. The van der Waals surface area contributed by atoms with E-state index in [9.17, 15) is 0 Å². The molecule has 2 rings (SSSR count). The number of halogens is 1. The van der Waals surface area contributed by atoms with Crippen LogP contribution in [0, 0.1) is 0 Å². The Labute approximate surface area is 150 Å². The van der Waals surface area contributed by atoms with Crippen molar-refractivity contribution in [3.05, 3.63) is 70.2 Å². The van der Waals surface area contributed by atoms with Crippen molar-refractivity contribution in [1.82, 2.24) is 0 Å². The van der Waals surface area contributed by atoms with E-state index in [0.29, 0.717) is 31.1 Å². The van der Waals surface area contributed by atoms with E-state index in [1.807, 2.05) is 37.3 Å². The van der Waals surface area contributed by atoms with Crippen LogP contribution >= 0.6 is 15.9 Å².